The molecular weight excluding hydrogens is 311 g/mol. The summed E-state index contributed by atoms with van der Waals surface area (Å²) >= 11 is 5.95. The van der Waals surface area contributed by atoms with Crippen molar-refractivity contribution in [3.8, 4) is 0 Å². The van der Waals surface area contributed by atoms with E-state index in [0.717, 1.165) is 17.9 Å². The van der Waals surface area contributed by atoms with E-state index in [1.807, 2.05) is 24.3 Å². The van der Waals surface area contributed by atoms with Crippen LogP contribution >= 0.6 is 24.0 Å². The molecule has 1 fully saturated rings. The molecule has 4 nitrogen and oxygen atoms in total. The van der Waals surface area contributed by atoms with E-state index < -0.39 is 6.04 Å². The summed E-state index contributed by atoms with van der Waals surface area (Å²) in [6, 6.07) is 7.36. The molecular formula is C15H22Cl2N2O2. The minimum atomic E-state index is -0.489. The lowest BCUT2D eigenvalue weighted by Crippen LogP contribution is -2.48. The van der Waals surface area contributed by atoms with Crippen LogP contribution in [0.3, 0.4) is 0 Å². The molecule has 3 N–H and O–H groups in total. The van der Waals surface area contributed by atoms with E-state index in [9.17, 15) is 4.79 Å². The van der Waals surface area contributed by atoms with Gasteiger partial charge in [0, 0.05) is 30.2 Å². The van der Waals surface area contributed by atoms with Gasteiger partial charge in [-0.25, -0.2) is 0 Å². The van der Waals surface area contributed by atoms with Gasteiger partial charge in [-0.1, -0.05) is 23.7 Å². The molecule has 1 atom stereocenters. The van der Waals surface area contributed by atoms with E-state index in [1.165, 1.54) is 5.56 Å². The average Bonchev–Trinajstić information content (AvgIpc) is 2.46. The van der Waals surface area contributed by atoms with Crippen molar-refractivity contribution in [2.24, 2.45) is 5.73 Å². The molecule has 1 aliphatic heterocycles. The summed E-state index contributed by atoms with van der Waals surface area (Å²) < 4.78 is 5.46. The summed E-state index contributed by atoms with van der Waals surface area (Å²) in [5.74, 6) is -0.121. The van der Waals surface area contributed by atoms with Gasteiger partial charge >= 0.3 is 0 Å². The number of ether oxygens (including phenoxy) is 1. The summed E-state index contributed by atoms with van der Waals surface area (Å²) in [4.78, 5) is 11.7. The number of nitrogens with two attached hydrogens (primary N) is 1. The van der Waals surface area contributed by atoms with Gasteiger partial charge in [-0.2, -0.15) is 0 Å². The van der Waals surface area contributed by atoms with Gasteiger partial charge in [0.2, 0.25) is 5.91 Å². The zero-order valence-corrected chi connectivity index (χ0v) is 13.7. The molecule has 0 unspecified atom stereocenters. The second-order valence-electron chi connectivity index (χ2n) is 5.41. The molecule has 2 rings (SSSR count). The van der Waals surface area contributed by atoms with Gasteiger partial charge in [-0.3, -0.25) is 4.79 Å². The number of hydrogen-bond acceptors (Lipinski definition) is 3. The molecule has 1 heterocycles. The van der Waals surface area contributed by atoms with Crippen LogP contribution in [0.25, 0.3) is 0 Å². The number of amides is 1. The van der Waals surface area contributed by atoms with E-state index in [0.29, 0.717) is 19.8 Å². The van der Waals surface area contributed by atoms with E-state index in [-0.39, 0.29) is 23.7 Å². The number of carbonyl (C=O) groups is 1. The van der Waals surface area contributed by atoms with Crippen molar-refractivity contribution in [1.82, 2.24) is 5.32 Å². The first-order chi connectivity index (χ1) is 9.53. The number of hydrogen-bond donors (Lipinski definition) is 2. The van der Waals surface area contributed by atoms with Crippen molar-refractivity contribution in [3.63, 3.8) is 0 Å². The van der Waals surface area contributed by atoms with Crippen LogP contribution in [-0.4, -0.2) is 31.7 Å². The topological polar surface area (TPSA) is 64.4 Å². The Labute approximate surface area is 136 Å². The molecule has 21 heavy (non-hydrogen) atoms. The number of nitrogens with one attached hydrogen (secondary N) is 1. The molecule has 1 aromatic rings. The van der Waals surface area contributed by atoms with Gasteiger partial charge < -0.3 is 15.8 Å². The summed E-state index contributed by atoms with van der Waals surface area (Å²) in [5.41, 5.74) is 6.70. The van der Waals surface area contributed by atoms with Crippen LogP contribution in [0, 0.1) is 0 Å². The fraction of sp³-hybridized carbons (Fsp3) is 0.533. The van der Waals surface area contributed by atoms with Crippen LogP contribution in [0.1, 0.15) is 25.3 Å². The summed E-state index contributed by atoms with van der Waals surface area (Å²) in [7, 11) is 0. The first-order valence-corrected chi connectivity index (χ1v) is 7.28. The Kier molecular flexibility index (Phi) is 6.94. The zero-order valence-electron chi connectivity index (χ0n) is 12.1. The highest BCUT2D eigenvalue weighted by Gasteiger charge is 2.35. The fourth-order valence-electron chi connectivity index (χ4n) is 2.55. The van der Waals surface area contributed by atoms with Crippen LogP contribution in [0.5, 0.6) is 0 Å². The third-order valence-corrected chi connectivity index (χ3v) is 4.17. The van der Waals surface area contributed by atoms with Crippen molar-refractivity contribution in [2.75, 3.05) is 19.8 Å². The Bertz CT molecular complexity index is 457. The molecule has 1 aromatic carbocycles. The molecule has 0 bridgehead atoms. The number of rotatable bonds is 4. The predicted octanol–water partition coefficient (Wildman–Crippen LogP) is 2.27. The highest BCUT2D eigenvalue weighted by atomic mass is 35.5. The smallest absolute Gasteiger partial charge is 0.236 e. The monoisotopic (exact) mass is 332 g/mol. The third kappa shape index (κ3) is 4.58. The van der Waals surface area contributed by atoms with E-state index in [4.69, 9.17) is 22.1 Å². The SMILES string of the molecule is C[C@H](N)C(=O)NCC1(c2ccc(Cl)cc2)CCOCC1.Cl. The minimum absolute atomic E-state index is 0. The lowest BCUT2D eigenvalue weighted by Gasteiger charge is -2.38. The Hall–Kier alpha value is -0.810. The maximum absolute atomic E-state index is 11.7. The number of halogens is 2. The molecule has 0 aliphatic carbocycles. The molecule has 0 spiro atoms. The Morgan fingerprint density at radius 1 is 1.38 bits per heavy atom. The van der Waals surface area contributed by atoms with Gasteiger partial charge in [-0.05, 0) is 37.5 Å². The highest BCUT2D eigenvalue weighted by molar-refractivity contribution is 6.30. The molecule has 118 valence electrons. The Morgan fingerprint density at radius 2 is 1.95 bits per heavy atom. The first kappa shape index (κ1) is 18.2. The molecule has 1 saturated heterocycles. The summed E-state index contributed by atoms with van der Waals surface area (Å²) in [6.07, 6.45) is 1.77. The molecule has 0 aromatic heterocycles. The van der Waals surface area contributed by atoms with Crippen LogP contribution in [0.15, 0.2) is 24.3 Å². The molecule has 0 saturated carbocycles. The standard InChI is InChI=1S/C15H21ClN2O2.ClH/c1-11(17)14(19)18-10-15(6-8-20-9-7-15)12-2-4-13(16)5-3-12;/h2-5,11H,6-10,17H2,1H3,(H,18,19);1H/t11-;/m0./s1. The fourth-order valence-corrected chi connectivity index (χ4v) is 2.68. The van der Waals surface area contributed by atoms with E-state index in [2.05, 4.69) is 5.32 Å². The van der Waals surface area contributed by atoms with Crippen molar-refractivity contribution in [3.05, 3.63) is 34.9 Å². The Balaban J connectivity index is 0.00000220. The molecule has 6 heteroatoms. The predicted molar refractivity (Wildman–Crippen MR) is 87.1 cm³/mol. The van der Waals surface area contributed by atoms with Crippen LogP contribution < -0.4 is 11.1 Å². The maximum atomic E-state index is 11.7. The van der Waals surface area contributed by atoms with Crippen molar-refractivity contribution < 1.29 is 9.53 Å². The molecule has 1 amide bonds. The minimum Gasteiger partial charge on any atom is -0.381 e. The largest absolute Gasteiger partial charge is 0.381 e. The van der Waals surface area contributed by atoms with Gasteiger partial charge in [-0.15, -0.1) is 12.4 Å². The van der Waals surface area contributed by atoms with Gasteiger partial charge in [0.25, 0.3) is 0 Å². The average molecular weight is 333 g/mol. The summed E-state index contributed by atoms with van der Waals surface area (Å²) in [6.45, 7) is 3.68. The highest BCUT2D eigenvalue weighted by Crippen LogP contribution is 2.34. The van der Waals surface area contributed by atoms with Gasteiger partial charge in [0.1, 0.15) is 0 Å². The lowest BCUT2D eigenvalue weighted by molar-refractivity contribution is -0.122. The third-order valence-electron chi connectivity index (χ3n) is 3.92. The van der Waals surface area contributed by atoms with Crippen LogP contribution in [0.2, 0.25) is 5.02 Å². The lowest BCUT2D eigenvalue weighted by atomic mass is 9.74. The van der Waals surface area contributed by atoms with Crippen LogP contribution in [0.4, 0.5) is 0 Å². The zero-order chi connectivity index (χ0) is 14.6. The maximum Gasteiger partial charge on any atom is 0.236 e. The normalized spacial score (nSPS) is 18.4. The van der Waals surface area contributed by atoms with Crippen molar-refractivity contribution in [2.45, 2.75) is 31.2 Å². The number of benzene rings is 1. The molecule has 0 radical (unpaired) electrons. The second-order valence-corrected chi connectivity index (χ2v) is 5.84. The van der Waals surface area contributed by atoms with Crippen molar-refractivity contribution in [1.29, 1.82) is 0 Å². The number of carbonyl (C=O) groups excluding carboxylic acids is 1. The van der Waals surface area contributed by atoms with Gasteiger partial charge in [0.15, 0.2) is 0 Å². The van der Waals surface area contributed by atoms with Gasteiger partial charge in [0.05, 0.1) is 6.04 Å². The van der Waals surface area contributed by atoms with Crippen molar-refractivity contribution >= 4 is 29.9 Å². The first-order valence-electron chi connectivity index (χ1n) is 6.91. The summed E-state index contributed by atoms with van der Waals surface area (Å²) in [5, 5.41) is 3.67. The van der Waals surface area contributed by atoms with E-state index >= 15 is 0 Å². The van der Waals surface area contributed by atoms with Crippen LogP contribution in [-0.2, 0) is 14.9 Å². The van der Waals surface area contributed by atoms with E-state index in [1.54, 1.807) is 6.92 Å². The Morgan fingerprint density at radius 3 is 2.48 bits per heavy atom. The molecule has 1 aliphatic rings. The quantitative estimate of drug-likeness (QED) is 0.888. The second kappa shape index (κ2) is 7.99.